The zero-order valence-corrected chi connectivity index (χ0v) is 13.5. The highest BCUT2D eigenvalue weighted by Gasteiger charge is 2.12. The number of carbonyl (C=O) groups is 1. The number of hydrogen-bond donors (Lipinski definition) is 2. The smallest absolute Gasteiger partial charge is 0.251 e. The molecule has 1 saturated heterocycles. The Bertz CT molecular complexity index is 477. The highest BCUT2D eigenvalue weighted by molar-refractivity contribution is 6.43. The van der Waals surface area contributed by atoms with E-state index in [1.807, 2.05) is 0 Å². The first kappa shape index (κ1) is 16.4. The van der Waals surface area contributed by atoms with Crippen molar-refractivity contribution in [2.75, 3.05) is 31.9 Å². The molecule has 1 aliphatic rings. The Morgan fingerprint density at radius 2 is 1.86 bits per heavy atom. The van der Waals surface area contributed by atoms with E-state index in [0.29, 0.717) is 22.8 Å². The Morgan fingerprint density at radius 1 is 1.19 bits per heavy atom. The molecule has 1 aromatic rings. The van der Waals surface area contributed by atoms with Gasteiger partial charge in [-0.05, 0) is 38.1 Å². The number of nitrogens with two attached hydrogens (primary N) is 1. The monoisotopic (exact) mass is 329 g/mol. The zero-order chi connectivity index (χ0) is 15.2. The van der Waals surface area contributed by atoms with Gasteiger partial charge in [-0.2, -0.15) is 0 Å². The van der Waals surface area contributed by atoms with Crippen LogP contribution in [0.15, 0.2) is 12.1 Å². The molecule has 0 atom stereocenters. The van der Waals surface area contributed by atoms with Crippen LogP contribution in [-0.2, 0) is 0 Å². The van der Waals surface area contributed by atoms with Gasteiger partial charge in [0.1, 0.15) is 0 Å². The summed E-state index contributed by atoms with van der Waals surface area (Å²) in [5.74, 6) is -0.171. The van der Waals surface area contributed by atoms with E-state index >= 15 is 0 Å². The van der Waals surface area contributed by atoms with Gasteiger partial charge in [0.05, 0.1) is 15.7 Å². The first-order valence-corrected chi connectivity index (χ1v) is 8.08. The van der Waals surface area contributed by atoms with Crippen LogP contribution in [0.25, 0.3) is 0 Å². The molecule has 0 spiro atoms. The fraction of sp³-hybridized carbons (Fsp3) is 0.533. The second kappa shape index (κ2) is 7.87. The van der Waals surface area contributed by atoms with Crippen molar-refractivity contribution in [3.8, 4) is 0 Å². The Hall–Kier alpha value is -0.970. The Labute approximate surface area is 135 Å². The van der Waals surface area contributed by atoms with Gasteiger partial charge in [0.15, 0.2) is 0 Å². The third-order valence-corrected chi connectivity index (χ3v) is 4.55. The molecule has 21 heavy (non-hydrogen) atoms. The van der Waals surface area contributed by atoms with Crippen molar-refractivity contribution in [1.29, 1.82) is 0 Å². The second-order valence-electron chi connectivity index (χ2n) is 5.37. The molecule has 1 amide bonds. The number of likely N-dealkylation sites (tertiary alicyclic amines) is 1. The van der Waals surface area contributed by atoms with Gasteiger partial charge >= 0.3 is 0 Å². The number of benzene rings is 1. The van der Waals surface area contributed by atoms with Gasteiger partial charge in [0.2, 0.25) is 0 Å². The quantitative estimate of drug-likeness (QED) is 0.834. The predicted octanol–water partition coefficient (Wildman–Crippen LogP) is 3.18. The maximum Gasteiger partial charge on any atom is 0.251 e. The number of amides is 1. The molecule has 116 valence electrons. The van der Waals surface area contributed by atoms with E-state index in [-0.39, 0.29) is 10.9 Å². The van der Waals surface area contributed by atoms with Crippen LogP contribution in [0.3, 0.4) is 0 Å². The average Bonchev–Trinajstić information content (AvgIpc) is 2.73. The highest BCUT2D eigenvalue weighted by atomic mass is 35.5. The fourth-order valence-corrected chi connectivity index (χ4v) is 2.87. The molecule has 1 aromatic carbocycles. The van der Waals surface area contributed by atoms with Crippen LogP contribution in [0.1, 0.15) is 36.0 Å². The molecule has 2 rings (SSSR count). The van der Waals surface area contributed by atoms with Gasteiger partial charge in [-0.1, -0.05) is 36.0 Å². The summed E-state index contributed by atoms with van der Waals surface area (Å²) in [4.78, 5) is 14.5. The van der Waals surface area contributed by atoms with Crippen molar-refractivity contribution in [1.82, 2.24) is 10.2 Å². The molecule has 0 aliphatic carbocycles. The summed E-state index contributed by atoms with van der Waals surface area (Å²) in [6, 6.07) is 3.09. The second-order valence-corrected chi connectivity index (χ2v) is 6.16. The van der Waals surface area contributed by atoms with Crippen LogP contribution in [0.4, 0.5) is 5.69 Å². The van der Waals surface area contributed by atoms with E-state index in [9.17, 15) is 4.79 Å². The normalized spacial score (nSPS) is 16.5. The predicted molar refractivity (Wildman–Crippen MR) is 88.1 cm³/mol. The maximum atomic E-state index is 12.1. The van der Waals surface area contributed by atoms with E-state index in [1.54, 1.807) is 12.1 Å². The van der Waals surface area contributed by atoms with Crippen LogP contribution in [-0.4, -0.2) is 37.0 Å². The number of halogens is 2. The Kier molecular flexibility index (Phi) is 6.15. The standard InChI is InChI=1S/C15H21Cl2N3O/c16-12-9-11(10-13(18)14(12)17)15(21)19-5-8-20-6-3-1-2-4-7-20/h9-10H,1-8,18H2,(H,19,21). The largest absolute Gasteiger partial charge is 0.397 e. The molecule has 1 heterocycles. The van der Waals surface area contributed by atoms with Gasteiger partial charge in [-0.25, -0.2) is 0 Å². The van der Waals surface area contributed by atoms with Crippen LogP contribution in [0, 0.1) is 0 Å². The van der Waals surface area contributed by atoms with Gasteiger partial charge in [0.25, 0.3) is 5.91 Å². The molecule has 1 aliphatic heterocycles. The first-order valence-electron chi connectivity index (χ1n) is 7.33. The summed E-state index contributed by atoms with van der Waals surface area (Å²) < 4.78 is 0. The number of nitrogens with one attached hydrogen (secondary N) is 1. The lowest BCUT2D eigenvalue weighted by molar-refractivity contribution is 0.0948. The molecule has 4 nitrogen and oxygen atoms in total. The van der Waals surface area contributed by atoms with E-state index in [2.05, 4.69) is 10.2 Å². The number of anilines is 1. The molecule has 3 N–H and O–H groups in total. The van der Waals surface area contributed by atoms with Crippen molar-refractivity contribution in [3.63, 3.8) is 0 Å². The minimum Gasteiger partial charge on any atom is -0.397 e. The van der Waals surface area contributed by atoms with E-state index < -0.39 is 0 Å². The zero-order valence-electron chi connectivity index (χ0n) is 12.0. The summed E-state index contributed by atoms with van der Waals surface area (Å²) in [5.41, 5.74) is 6.48. The van der Waals surface area contributed by atoms with Crippen molar-refractivity contribution in [2.24, 2.45) is 0 Å². The first-order chi connectivity index (χ1) is 10.1. The van der Waals surface area contributed by atoms with Crippen LogP contribution >= 0.6 is 23.2 Å². The molecule has 0 unspecified atom stereocenters. The third-order valence-electron chi connectivity index (χ3n) is 3.73. The SMILES string of the molecule is Nc1cc(C(=O)NCCN2CCCCCC2)cc(Cl)c1Cl. The van der Waals surface area contributed by atoms with Crippen LogP contribution in [0.5, 0.6) is 0 Å². The molecule has 0 bridgehead atoms. The van der Waals surface area contributed by atoms with E-state index in [4.69, 9.17) is 28.9 Å². The molecule has 6 heteroatoms. The topological polar surface area (TPSA) is 58.4 Å². The molecule has 0 radical (unpaired) electrons. The summed E-state index contributed by atoms with van der Waals surface area (Å²) in [7, 11) is 0. The van der Waals surface area contributed by atoms with Crippen molar-refractivity contribution in [3.05, 3.63) is 27.7 Å². The molecule has 0 saturated carbocycles. The molecule has 0 aromatic heterocycles. The lowest BCUT2D eigenvalue weighted by Crippen LogP contribution is -2.35. The van der Waals surface area contributed by atoms with Crippen molar-refractivity contribution in [2.45, 2.75) is 25.7 Å². The van der Waals surface area contributed by atoms with Crippen LogP contribution < -0.4 is 11.1 Å². The minimum atomic E-state index is -0.171. The van der Waals surface area contributed by atoms with Crippen molar-refractivity contribution < 1.29 is 4.79 Å². The maximum absolute atomic E-state index is 12.1. The third kappa shape index (κ3) is 4.77. The summed E-state index contributed by atoms with van der Waals surface area (Å²) in [6.45, 7) is 3.74. The molecular formula is C15H21Cl2N3O. The number of rotatable bonds is 4. The van der Waals surface area contributed by atoms with Gasteiger partial charge in [0, 0.05) is 18.7 Å². The van der Waals surface area contributed by atoms with E-state index in [0.717, 1.165) is 19.6 Å². The lowest BCUT2D eigenvalue weighted by atomic mass is 10.2. The molecule has 1 fully saturated rings. The number of hydrogen-bond acceptors (Lipinski definition) is 3. The lowest BCUT2D eigenvalue weighted by Gasteiger charge is -2.19. The fourth-order valence-electron chi connectivity index (χ4n) is 2.53. The number of carbonyl (C=O) groups excluding carboxylic acids is 1. The average molecular weight is 330 g/mol. The van der Waals surface area contributed by atoms with E-state index in [1.165, 1.54) is 25.7 Å². The van der Waals surface area contributed by atoms with Crippen LogP contribution in [0.2, 0.25) is 10.0 Å². The van der Waals surface area contributed by atoms with Crippen molar-refractivity contribution >= 4 is 34.8 Å². The minimum absolute atomic E-state index is 0.171. The summed E-state index contributed by atoms with van der Waals surface area (Å²) >= 11 is 11.8. The molecular weight excluding hydrogens is 309 g/mol. The van der Waals surface area contributed by atoms with Gasteiger partial charge in [-0.3, -0.25) is 4.79 Å². The van der Waals surface area contributed by atoms with Gasteiger partial charge in [-0.15, -0.1) is 0 Å². The Balaban J connectivity index is 1.84. The summed E-state index contributed by atoms with van der Waals surface area (Å²) in [6.07, 6.45) is 5.12. The number of nitrogens with zero attached hydrogens (tertiary/aromatic N) is 1. The summed E-state index contributed by atoms with van der Waals surface area (Å²) in [5, 5.41) is 3.49. The Morgan fingerprint density at radius 3 is 2.48 bits per heavy atom. The number of nitrogen functional groups attached to an aromatic ring is 1. The highest BCUT2D eigenvalue weighted by Crippen LogP contribution is 2.29. The van der Waals surface area contributed by atoms with Gasteiger partial charge < -0.3 is 16.0 Å².